The van der Waals surface area contributed by atoms with Crippen molar-refractivity contribution in [2.75, 3.05) is 19.4 Å². The average molecular weight is 361 g/mol. The van der Waals surface area contributed by atoms with Gasteiger partial charge in [-0.2, -0.15) is 0 Å². The Hall–Kier alpha value is -2.15. The number of hydrogen-bond donors (Lipinski definition) is 1. The molecule has 0 spiro atoms. The molecule has 2 heterocycles. The molecule has 1 unspecified atom stereocenters. The number of hydroxylamine groups is 1. The monoisotopic (exact) mass is 361 g/mol. The molecule has 1 aromatic carbocycles. The summed E-state index contributed by atoms with van der Waals surface area (Å²) in [7, 11) is 1.37. The molecule has 134 valence electrons. The molecular formula is C18H23N3O3S. The fourth-order valence-corrected chi connectivity index (χ4v) is 4.39. The molecule has 0 saturated carbocycles. The molecule has 1 aliphatic heterocycles. The maximum absolute atomic E-state index is 12.4. The molecule has 1 aromatic heterocycles. The van der Waals surface area contributed by atoms with Crippen molar-refractivity contribution < 1.29 is 14.3 Å². The number of para-hydroxylation sites is 1. The number of aromatic amines is 1. The number of aromatic nitrogens is 1. The molecule has 25 heavy (non-hydrogen) atoms. The summed E-state index contributed by atoms with van der Waals surface area (Å²) in [5.74, 6) is 0.688. The lowest BCUT2D eigenvalue weighted by atomic mass is 10.1. The summed E-state index contributed by atoms with van der Waals surface area (Å²) in [5.41, 5.74) is 2.19. The van der Waals surface area contributed by atoms with Crippen LogP contribution in [0.25, 0.3) is 10.9 Å². The number of carbonyl (C=O) groups excluding carboxylic acids is 1. The Bertz CT molecular complexity index is 800. The van der Waals surface area contributed by atoms with E-state index in [2.05, 4.69) is 11.1 Å². The summed E-state index contributed by atoms with van der Waals surface area (Å²) >= 11 is 1.64. The van der Waals surface area contributed by atoms with E-state index in [1.165, 1.54) is 7.11 Å². The molecule has 1 saturated heterocycles. The van der Waals surface area contributed by atoms with Crippen LogP contribution >= 0.6 is 11.8 Å². The fourth-order valence-electron chi connectivity index (χ4n) is 3.23. The van der Waals surface area contributed by atoms with Crippen molar-refractivity contribution in [3.63, 3.8) is 0 Å². The van der Waals surface area contributed by atoms with Crippen LogP contribution in [0.5, 0.6) is 0 Å². The van der Waals surface area contributed by atoms with E-state index < -0.39 is 6.09 Å². The topological polar surface area (TPSA) is 71.4 Å². The van der Waals surface area contributed by atoms with Crippen LogP contribution in [0.15, 0.2) is 30.5 Å². The van der Waals surface area contributed by atoms with Gasteiger partial charge in [-0.05, 0) is 25.5 Å². The molecule has 1 aliphatic rings. The summed E-state index contributed by atoms with van der Waals surface area (Å²) < 4.78 is 5.81. The highest BCUT2D eigenvalue weighted by molar-refractivity contribution is 8.00. The van der Waals surface area contributed by atoms with Gasteiger partial charge < -0.3 is 14.9 Å². The first kappa shape index (κ1) is 17.7. The zero-order valence-electron chi connectivity index (χ0n) is 14.7. The minimum atomic E-state index is -0.402. The molecule has 0 radical (unpaired) electrons. The third kappa shape index (κ3) is 3.61. The molecule has 3 rings (SSSR count). The van der Waals surface area contributed by atoms with Crippen LogP contribution in [0.4, 0.5) is 4.79 Å². The standard InChI is InChI=1S/C18H23N3O3S/c1-18(2)21(17(22)24-3)14(12-25-18)11-20(23)9-8-13-10-19-16-7-5-4-6-15(13)16/h4-7,10-11,14,19H,8-9,12H2,1-3H3/b20-11-. The van der Waals surface area contributed by atoms with Crippen LogP contribution in [0.1, 0.15) is 19.4 Å². The van der Waals surface area contributed by atoms with Crippen molar-refractivity contribution in [1.29, 1.82) is 0 Å². The normalized spacial score (nSPS) is 20.2. The number of hydrogen-bond acceptors (Lipinski definition) is 4. The summed E-state index contributed by atoms with van der Waals surface area (Å²) in [4.78, 5) is 16.5. The van der Waals surface area contributed by atoms with Crippen molar-refractivity contribution in [3.05, 3.63) is 41.2 Å². The SMILES string of the molecule is COC(=O)N1C(/C=[N+](\[O-])CCc2c[nH]c3ccccc23)CSC1(C)C. The van der Waals surface area contributed by atoms with Gasteiger partial charge in [0.25, 0.3) is 0 Å². The lowest BCUT2D eigenvalue weighted by Crippen LogP contribution is -2.48. The number of nitrogens with one attached hydrogen (secondary N) is 1. The minimum Gasteiger partial charge on any atom is -0.624 e. The van der Waals surface area contributed by atoms with Gasteiger partial charge in [-0.1, -0.05) is 18.2 Å². The maximum atomic E-state index is 12.4. The first-order valence-electron chi connectivity index (χ1n) is 8.27. The largest absolute Gasteiger partial charge is 0.624 e. The zero-order chi connectivity index (χ0) is 18.0. The number of amides is 1. The van der Waals surface area contributed by atoms with Crippen LogP contribution in [0.3, 0.4) is 0 Å². The maximum Gasteiger partial charge on any atom is 0.411 e. The second kappa shape index (κ2) is 7.00. The Morgan fingerprint density at radius 3 is 3.04 bits per heavy atom. The third-order valence-electron chi connectivity index (χ3n) is 4.51. The highest BCUT2D eigenvalue weighted by Crippen LogP contribution is 2.38. The van der Waals surface area contributed by atoms with Gasteiger partial charge in [0.15, 0.2) is 12.8 Å². The van der Waals surface area contributed by atoms with Crippen molar-refractivity contribution >= 4 is 35.0 Å². The Morgan fingerprint density at radius 1 is 1.52 bits per heavy atom. The van der Waals surface area contributed by atoms with Crippen molar-refractivity contribution in [2.24, 2.45) is 0 Å². The van der Waals surface area contributed by atoms with E-state index in [1.54, 1.807) is 22.9 Å². The Kier molecular flexibility index (Phi) is 4.94. The number of ether oxygens (including phenoxy) is 1. The number of H-pyrrole nitrogens is 1. The van der Waals surface area contributed by atoms with E-state index in [0.717, 1.165) is 21.2 Å². The van der Waals surface area contributed by atoms with E-state index in [1.807, 2.05) is 38.2 Å². The Balaban J connectivity index is 1.70. The van der Waals surface area contributed by atoms with Crippen LogP contribution in [0.2, 0.25) is 0 Å². The lowest BCUT2D eigenvalue weighted by Gasteiger charge is -2.31. The summed E-state index contributed by atoms with van der Waals surface area (Å²) in [6.45, 7) is 4.27. The van der Waals surface area contributed by atoms with E-state index in [-0.39, 0.29) is 10.9 Å². The first-order chi connectivity index (χ1) is 11.9. The molecule has 1 N–H and O–H groups in total. The van der Waals surface area contributed by atoms with Crippen molar-refractivity contribution in [3.8, 4) is 0 Å². The predicted molar refractivity (Wildman–Crippen MR) is 101 cm³/mol. The number of benzene rings is 1. The number of thioether (sulfide) groups is 1. The van der Waals surface area contributed by atoms with Crippen LogP contribution in [-0.4, -0.2) is 57.3 Å². The van der Waals surface area contributed by atoms with Gasteiger partial charge in [0, 0.05) is 29.3 Å². The predicted octanol–water partition coefficient (Wildman–Crippen LogP) is 3.21. The molecule has 1 fully saturated rings. The Morgan fingerprint density at radius 2 is 2.28 bits per heavy atom. The highest BCUT2D eigenvalue weighted by atomic mass is 32.2. The lowest BCUT2D eigenvalue weighted by molar-refractivity contribution is -0.454. The van der Waals surface area contributed by atoms with Gasteiger partial charge in [0.1, 0.15) is 6.04 Å². The van der Waals surface area contributed by atoms with Crippen molar-refractivity contribution in [2.45, 2.75) is 31.2 Å². The molecule has 0 aliphatic carbocycles. The molecular weight excluding hydrogens is 338 g/mol. The van der Waals surface area contributed by atoms with Gasteiger partial charge in [-0.25, -0.2) is 9.53 Å². The average Bonchev–Trinajstić information content (AvgIpc) is 3.13. The van der Waals surface area contributed by atoms with Crippen molar-refractivity contribution in [1.82, 2.24) is 9.88 Å². The van der Waals surface area contributed by atoms with Gasteiger partial charge in [-0.15, -0.1) is 11.8 Å². The van der Waals surface area contributed by atoms with Crippen LogP contribution in [-0.2, 0) is 11.2 Å². The molecule has 7 heteroatoms. The van der Waals surface area contributed by atoms with E-state index in [0.29, 0.717) is 18.7 Å². The van der Waals surface area contributed by atoms with E-state index in [4.69, 9.17) is 4.74 Å². The summed E-state index contributed by atoms with van der Waals surface area (Å²) in [6.07, 6.45) is 3.79. The van der Waals surface area contributed by atoms with Gasteiger partial charge in [-0.3, -0.25) is 4.90 Å². The quantitative estimate of drug-likeness (QED) is 0.393. The number of carbonyl (C=O) groups is 1. The fraction of sp³-hybridized carbons (Fsp3) is 0.444. The smallest absolute Gasteiger partial charge is 0.411 e. The minimum absolute atomic E-state index is 0.257. The number of fused-ring (bicyclic) bond motifs is 1. The second-order valence-corrected chi connectivity index (χ2v) is 8.19. The van der Waals surface area contributed by atoms with E-state index >= 15 is 0 Å². The highest BCUT2D eigenvalue weighted by Gasteiger charge is 2.44. The third-order valence-corrected chi connectivity index (χ3v) is 5.92. The first-order valence-corrected chi connectivity index (χ1v) is 9.26. The molecule has 2 aromatic rings. The molecule has 6 nitrogen and oxygen atoms in total. The molecule has 1 atom stereocenters. The molecule has 1 amide bonds. The summed E-state index contributed by atoms with van der Waals surface area (Å²) in [5, 5.41) is 13.5. The van der Waals surface area contributed by atoms with Gasteiger partial charge in [0.05, 0.1) is 12.0 Å². The number of rotatable bonds is 4. The molecule has 0 bridgehead atoms. The van der Waals surface area contributed by atoms with Crippen LogP contribution in [0, 0.1) is 5.21 Å². The van der Waals surface area contributed by atoms with Gasteiger partial charge in [0.2, 0.25) is 0 Å². The van der Waals surface area contributed by atoms with Gasteiger partial charge >= 0.3 is 6.09 Å². The number of nitrogens with zero attached hydrogens (tertiary/aromatic N) is 2. The summed E-state index contributed by atoms with van der Waals surface area (Å²) in [6, 6.07) is 7.79. The Labute approximate surface area is 151 Å². The van der Waals surface area contributed by atoms with E-state index in [9.17, 15) is 10.0 Å². The zero-order valence-corrected chi connectivity index (χ0v) is 15.5. The van der Waals surface area contributed by atoms with Crippen LogP contribution < -0.4 is 0 Å². The second-order valence-electron chi connectivity index (χ2n) is 6.56. The number of methoxy groups -OCH3 is 1.